The molecular weight excluding hydrogens is 356 g/mol. The quantitative estimate of drug-likeness (QED) is 0.529. The Morgan fingerprint density at radius 1 is 1.15 bits per heavy atom. The van der Waals surface area contributed by atoms with Crippen LogP contribution in [0.3, 0.4) is 0 Å². The average Bonchev–Trinajstić information content (AvgIpc) is 3.01. The molecule has 0 saturated heterocycles. The van der Waals surface area contributed by atoms with Crippen LogP contribution >= 0.6 is 0 Å². The second-order valence-corrected chi connectivity index (χ2v) is 7.43. The van der Waals surface area contributed by atoms with E-state index in [9.17, 15) is 18.5 Å². The molecule has 0 radical (unpaired) electrons. The number of hydrogen-bond acceptors (Lipinski definition) is 5. The summed E-state index contributed by atoms with van der Waals surface area (Å²) < 4.78 is 28.7. The molecule has 9 heteroatoms. The largest absolute Gasteiger partial charge is 0.269 e. The van der Waals surface area contributed by atoms with Crippen molar-refractivity contribution in [2.24, 2.45) is 0 Å². The molecular formula is C17H16N4O4S. The first kappa shape index (κ1) is 17.6. The van der Waals surface area contributed by atoms with Crippen molar-refractivity contribution in [2.45, 2.75) is 18.4 Å². The van der Waals surface area contributed by atoms with E-state index in [1.807, 2.05) is 31.2 Å². The molecule has 0 aliphatic carbocycles. The number of aromatic nitrogens is 2. The zero-order chi connectivity index (χ0) is 18.7. The summed E-state index contributed by atoms with van der Waals surface area (Å²) in [7, 11) is -3.87. The van der Waals surface area contributed by atoms with Crippen LogP contribution in [0.15, 0.2) is 65.7 Å². The molecule has 0 bridgehead atoms. The fourth-order valence-corrected chi connectivity index (χ4v) is 3.44. The fourth-order valence-electron chi connectivity index (χ4n) is 2.45. The molecule has 26 heavy (non-hydrogen) atoms. The Morgan fingerprint density at radius 3 is 2.54 bits per heavy atom. The zero-order valence-corrected chi connectivity index (χ0v) is 14.7. The first-order chi connectivity index (χ1) is 12.3. The number of anilines is 1. The third-order valence-corrected chi connectivity index (χ3v) is 5.04. The number of benzene rings is 2. The van der Waals surface area contributed by atoms with Crippen LogP contribution in [0.25, 0.3) is 0 Å². The van der Waals surface area contributed by atoms with Gasteiger partial charge in [-0.25, -0.2) is 8.42 Å². The lowest BCUT2D eigenvalue weighted by atomic mass is 10.1. The molecule has 2 aromatic carbocycles. The zero-order valence-electron chi connectivity index (χ0n) is 13.9. The van der Waals surface area contributed by atoms with Crippen LogP contribution in [0.5, 0.6) is 0 Å². The first-order valence-corrected chi connectivity index (χ1v) is 9.18. The van der Waals surface area contributed by atoms with Crippen LogP contribution in [-0.4, -0.2) is 23.1 Å². The van der Waals surface area contributed by atoms with Crippen LogP contribution in [0.1, 0.15) is 11.1 Å². The fraction of sp³-hybridized carbons (Fsp3) is 0.118. The summed E-state index contributed by atoms with van der Waals surface area (Å²) in [6, 6.07) is 14.2. The molecule has 1 N–H and O–H groups in total. The van der Waals surface area contributed by atoms with Gasteiger partial charge >= 0.3 is 0 Å². The van der Waals surface area contributed by atoms with Gasteiger partial charge < -0.3 is 0 Å². The molecule has 1 heterocycles. The number of hydrogen-bond donors (Lipinski definition) is 1. The van der Waals surface area contributed by atoms with Crippen molar-refractivity contribution in [3.8, 4) is 0 Å². The van der Waals surface area contributed by atoms with Gasteiger partial charge in [-0.3, -0.25) is 19.5 Å². The summed E-state index contributed by atoms with van der Waals surface area (Å²) in [4.78, 5) is 10.00. The number of aryl methyl sites for hydroxylation is 1. The predicted molar refractivity (Wildman–Crippen MR) is 96.4 cm³/mol. The molecule has 0 atom stereocenters. The number of rotatable bonds is 6. The third kappa shape index (κ3) is 4.06. The second-order valence-electron chi connectivity index (χ2n) is 5.74. The number of nitro benzene ring substituents is 1. The van der Waals surface area contributed by atoms with Crippen molar-refractivity contribution < 1.29 is 13.3 Å². The topological polar surface area (TPSA) is 107 Å². The van der Waals surface area contributed by atoms with Crippen LogP contribution in [-0.2, 0) is 16.6 Å². The van der Waals surface area contributed by atoms with Crippen molar-refractivity contribution in [2.75, 3.05) is 4.72 Å². The molecule has 3 rings (SSSR count). The standard InChI is InChI=1S/C17H16N4O4S/c1-13-3-2-4-14(11-13)12-20-10-9-17(18-20)19-26(24,25)16-7-5-15(6-8-16)21(22)23/h2-11H,12H2,1H3,(H,18,19). The van der Waals surface area contributed by atoms with Gasteiger partial charge in [0.1, 0.15) is 0 Å². The Hall–Kier alpha value is -3.20. The summed E-state index contributed by atoms with van der Waals surface area (Å²) in [5.74, 6) is 0.177. The third-order valence-electron chi connectivity index (χ3n) is 3.66. The van der Waals surface area contributed by atoms with Crippen LogP contribution in [0.4, 0.5) is 11.5 Å². The number of nitrogens with one attached hydrogen (secondary N) is 1. The average molecular weight is 372 g/mol. The van der Waals surface area contributed by atoms with Crippen molar-refractivity contribution in [1.29, 1.82) is 0 Å². The summed E-state index contributed by atoms with van der Waals surface area (Å²) in [6.45, 7) is 2.51. The van der Waals surface area contributed by atoms with E-state index >= 15 is 0 Å². The molecule has 134 valence electrons. The van der Waals surface area contributed by atoms with E-state index in [0.29, 0.717) is 6.54 Å². The monoisotopic (exact) mass is 372 g/mol. The van der Waals surface area contributed by atoms with Gasteiger partial charge in [-0.1, -0.05) is 29.8 Å². The van der Waals surface area contributed by atoms with Gasteiger partial charge in [0, 0.05) is 24.4 Å². The van der Waals surface area contributed by atoms with E-state index in [2.05, 4.69) is 9.82 Å². The highest BCUT2D eigenvalue weighted by Gasteiger charge is 2.17. The van der Waals surface area contributed by atoms with E-state index in [1.54, 1.807) is 16.9 Å². The Balaban J connectivity index is 1.74. The number of sulfonamides is 1. The lowest BCUT2D eigenvalue weighted by Gasteiger charge is -2.06. The van der Waals surface area contributed by atoms with Gasteiger partial charge in [0.05, 0.1) is 16.4 Å². The number of non-ortho nitro benzene ring substituents is 1. The molecule has 0 spiro atoms. The summed E-state index contributed by atoms with van der Waals surface area (Å²) in [5, 5.41) is 14.9. The van der Waals surface area contributed by atoms with E-state index in [1.165, 1.54) is 12.1 Å². The Kier molecular flexibility index (Phi) is 4.72. The van der Waals surface area contributed by atoms with Crippen molar-refractivity contribution in [1.82, 2.24) is 9.78 Å². The predicted octanol–water partition coefficient (Wildman–Crippen LogP) is 2.95. The molecule has 0 fully saturated rings. The maximum Gasteiger partial charge on any atom is 0.269 e. The minimum absolute atomic E-state index is 0.0728. The second kappa shape index (κ2) is 6.96. The van der Waals surface area contributed by atoms with Gasteiger partial charge in [-0.15, -0.1) is 0 Å². The van der Waals surface area contributed by atoms with Gasteiger partial charge in [0.15, 0.2) is 5.82 Å². The Labute approximate surface area is 150 Å². The van der Waals surface area contributed by atoms with Crippen LogP contribution < -0.4 is 4.72 Å². The van der Waals surface area contributed by atoms with Gasteiger partial charge in [0.25, 0.3) is 15.7 Å². The molecule has 3 aromatic rings. The van der Waals surface area contributed by atoms with Gasteiger partial charge in [-0.2, -0.15) is 5.10 Å². The Bertz CT molecular complexity index is 1040. The SMILES string of the molecule is Cc1cccc(Cn2ccc(NS(=O)(=O)c3ccc([N+](=O)[O-])cc3)n2)c1. The van der Waals surface area contributed by atoms with Crippen LogP contribution in [0.2, 0.25) is 0 Å². The molecule has 8 nitrogen and oxygen atoms in total. The molecule has 0 aliphatic heterocycles. The maximum absolute atomic E-state index is 12.4. The van der Waals surface area contributed by atoms with Crippen molar-refractivity contribution >= 4 is 21.5 Å². The van der Waals surface area contributed by atoms with Crippen LogP contribution in [0, 0.1) is 17.0 Å². The number of nitrogens with zero attached hydrogens (tertiary/aromatic N) is 3. The first-order valence-electron chi connectivity index (χ1n) is 7.70. The minimum atomic E-state index is -3.87. The Morgan fingerprint density at radius 2 is 1.88 bits per heavy atom. The highest BCUT2D eigenvalue weighted by atomic mass is 32.2. The van der Waals surface area contributed by atoms with Gasteiger partial charge in [-0.05, 0) is 24.6 Å². The van der Waals surface area contributed by atoms with Gasteiger partial charge in [0.2, 0.25) is 0 Å². The molecule has 0 unspecified atom stereocenters. The number of nitro groups is 1. The molecule has 0 saturated carbocycles. The lowest BCUT2D eigenvalue weighted by molar-refractivity contribution is -0.384. The van der Waals surface area contributed by atoms with E-state index in [-0.39, 0.29) is 16.4 Å². The maximum atomic E-state index is 12.4. The smallest absolute Gasteiger partial charge is 0.266 e. The molecule has 0 amide bonds. The summed E-state index contributed by atoms with van der Waals surface area (Å²) in [5.41, 5.74) is 2.01. The molecule has 1 aromatic heterocycles. The highest BCUT2D eigenvalue weighted by Crippen LogP contribution is 2.18. The van der Waals surface area contributed by atoms with E-state index in [4.69, 9.17) is 0 Å². The van der Waals surface area contributed by atoms with E-state index in [0.717, 1.165) is 23.3 Å². The lowest BCUT2D eigenvalue weighted by Crippen LogP contribution is -2.13. The normalized spacial score (nSPS) is 11.3. The summed E-state index contributed by atoms with van der Waals surface area (Å²) >= 11 is 0. The minimum Gasteiger partial charge on any atom is -0.266 e. The van der Waals surface area contributed by atoms with Crippen molar-refractivity contribution in [3.05, 3.63) is 82.0 Å². The summed E-state index contributed by atoms with van der Waals surface area (Å²) in [6.07, 6.45) is 1.68. The van der Waals surface area contributed by atoms with E-state index < -0.39 is 14.9 Å². The molecule has 0 aliphatic rings. The highest BCUT2D eigenvalue weighted by molar-refractivity contribution is 7.92. The van der Waals surface area contributed by atoms with Crippen molar-refractivity contribution in [3.63, 3.8) is 0 Å².